The van der Waals surface area contributed by atoms with Crippen LogP contribution in [0.3, 0.4) is 0 Å². The topological polar surface area (TPSA) is 41.1 Å². The first-order chi connectivity index (χ1) is 11.1. The second-order valence-corrected chi connectivity index (χ2v) is 6.15. The molecule has 0 saturated heterocycles. The molecule has 3 nitrogen and oxygen atoms in total. The molecule has 1 amide bonds. The molecule has 122 valence electrons. The quantitative estimate of drug-likeness (QED) is 0.777. The lowest BCUT2D eigenvalue weighted by Crippen LogP contribution is -2.39. The van der Waals surface area contributed by atoms with Crippen LogP contribution >= 0.6 is 0 Å². The van der Waals surface area contributed by atoms with Crippen molar-refractivity contribution in [2.75, 3.05) is 11.9 Å². The molecule has 2 rings (SSSR count). The summed E-state index contributed by atoms with van der Waals surface area (Å²) in [7, 11) is 0. The van der Waals surface area contributed by atoms with E-state index < -0.39 is 0 Å². The van der Waals surface area contributed by atoms with E-state index in [1.54, 1.807) is 0 Å². The molecule has 0 spiro atoms. The Morgan fingerprint density at radius 3 is 2.17 bits per heavy atom. The second kappa shape index (κ2) is 8.99. The van der Waals surface area contributed by atoms with Gasteiger partial charge >= 0.3 is 0 Å². The van der Waals surface area contributed by atoms with Gasteiger partial charge in [0.05, 0.1) is 0 Å². The molecule has 3 heteroatoms. The number of nitrogens with one attached hydrogen (secondary N) is 2. The molecule has 1 atom stereocenters. The first-order valence-corrected chi connectivity index (χ1v) is 8.27. The molecule has 23 heavy (non-hydrogen) atoms. The van der Waals surface area contributed by atoms with E-state index in [0.717, 1.165) is 12.1 Å². The van der Waals surface area contributed by atoms with Gasteiger partial charge in [0.2, 0.25) is 5.91 Å². The Bertz CT molecular complexity index is 581. The van der Waals surface area contributed by atoms with Gasteiger partial charge < -0.3 is 10.6 Å². The molecular weight excluding hydrogens is 284 g/mol. The van der Waals surface area contributed by atoms with E-state index in [2.05, 4.69) is 36.6 Å². The lowest BCUT2D eigenvalue weighted by Gasteiger charge is -2.24. The molecule has 2 aromatic carbocycles. The fourth-order valence-corrected chi connectivity index (χ4v) is 2.42. The van der Waals surface area contributed by atoms with Gasteiger partial charge in [0.15, 0.2) is 0 Å². The van der Waals surface area contributed by atoms with Crippen molar-refractivity contribution in [1.29, 1.82) is 0 Å². The van der Waals surface area contributed by atoms with Crippen molar-refractivity contribution in [1.82, 2.24) is 5.32 Å². The normalized spacial score (nSPS) is 12.0. The van der Waals surface area contributed by atoms with Crippen LogP contribution in [-0.2, 0) is 11.2 Å². The minimum atomic E-state index is 0.106. The Balaban J connectivity index is 1.78. The maximum absolute atomic E-state index is 12.1. The Morgan fingerprint density at radius 1 is 0.957 bits per heavy atom. The monoisotopic (exact) mass is 310 g/mol. The van der Waals surface area contributed by atoms with Crippen LogP contribution in [-0.4, -0.2) is 18.5 Å². The summed E-state index contributed by atoms with van der Waals surface area (Å²) in [6.07, 6.45) is 1.31. The summed E-state index contributed by atoms with van der Waals surface area (Å²) in [4.78, 5) is 12.1. The number of benzene rings is 2. The largest absolute Gasteiger partial charge is 0.380 e. The number of amides is 1. The van der Waals surface area contributed by atoms with E-state index in [9.17, 15) is 4.79 Å². The number of aryl methyl sites for hydroxylation is 1. The van der Waals surface area contributed by atoms with Crippen molar-refractivity contribution in [3.8, 4) is 0 Å². The fraction of sp³-hybridized carbons (Fsp3) is 0.350. The summed E-state index contributed by atoms with van der Waals surface area (Å²) in [6, 6.07) is 20.5. The van der Waals surface area contributed by atoms with Gasteiger partial charge in [-0.3, -0.25) is 4.79 Å². The zero-order valence-electron chi connectivity index (χ0n) is 14.0. The SMILES string of the molecule is CC(C)C(CNC(=O)CCc1ccccc1)Nc1ccccc1. The van der Waals surface area contributed by atoms with E-state index >= 15 is 0 Å². The van der Waals surface area contributed by atoms with Crippen LogP contribution in [0.4, 0.5) is 5.69 Å². The van der Waals surface area contributed by atoms with Gasteiger partial charge in [0.1, 0.15) is 0 Å². The van der Waals surface area contributed by atoms with Crippen LogP contribution < -0.4 is 10.6 Å². The highest BCUT2D eigenvalue weighted by Crippen LogP contribution is 2.12. The van der Waals surface area contributed by atoms with E-state index in [0.29, 0.717) is 18.9 Å². The molecule has 1 unspecified atom stereocenters. The van der Waals surface area contributed by atoms with Crippen molar-refractivity contribution >= 4 is 11.6 Å². The van der Waals surface area contributed by atoms with Gasteiger partial charge in [-0.25, -0.2) is 0 Å². The summed E-state index contributed by atoms with van der Waals surface area (Å²) >= 11 is 0. The first kappa shape index (κ1) is 17.1. The predicted molar refractivity (Wildman–Crippen MR) is 96.5 cm³/mol. The maximum Gasteiger partial charge on any atom is 0.220 e. The molecule has 0 bridgehead atoms. The zero-order chi connectivity index (χ0) is 16.5. The smallest absolute Gasteiger partial charge is 0.220 e. The molecule has 0 saturated carbocycles. The number of hydrogen-bond donors (Lipinski definition) is 2. The summed E-state index contributed by atoms with van der Waals surface area (Å²) in [5.41, 5.74) is 2.29. The molecule has 0 fully saturated rings. The Hall–Kier alpha value is -2.29. The van der Waals surface area contributed by atoms with Crippen molar-refractivity contribution in [3.63, 3.8) is 0 Å². The molecule has 2 aromatic rings. The first-order valence-electron chi connectivity index (χ1n) is 8.27. The lowest BCUT2D eigenvalue weighted by atomic mass is 10.0. The third kappa shape index (κ3) is 6.15. The fourth-order valence-electron chi connectivity index (χ4n) is 2.42. The molecule has 0 radical (unpaired) electrons. The molecule has 0 aliphatic rings. The number of anilines is 1. The summed E-state index contributed by atoms with van der Waals surface area (Å²) in [5, 5.41) is 6.55. The van der Waals surface area contributed by atoms with Crippen molar-refractivity contribution < 1.29 is 4.79 Å². The third-order valence-corrected chi connectivity index (χ3v) is 3.93. The van der Waals surface area contributed by atoms with Crippen LogP contribution in [0, 0.1) is 5.92 Å². The van der Waals surface area contributed by atoms with Crippen LogP contribution in [0.5, 0.6) is 0 Å². The minimum absolute atomic E-state index is 0.106. The average Bonchev–Trinajstić information content (AvgIpc) is 2.58. The highest BCUT2D eigenvalue weighted by atomic mass is 16.1. The number of hydrogen-bond acceptors (Lipinski definition) is 2. The van der Waals surface area contributed by atoms with Gasteiger partial charge in [-0.1, -0.05) is 62.4 Å². The van der Waals surface area contributed by atoms with Crippen molar-refractivity contribution in [3.05, 3.63) is 66.2 Å². The van der Waals surface area contributed by atoms with Gasteiger partial charge in [0.25, 0.3) is 0 Å². The Kier molecular flexibility index (Phi) is 6.67. The van der Waals surface area contributed by atoms with Gasteiger partial charge in [0, 0.05) is 24.7 Å². The summed E-state index contributed by atoms with van der Waals surface area (Å²) in [5.74, 6) is 0.541. The maximum atomic E-state index is 12.1. The van der Waals surface area contributed by atoms with Crippen LogP contribution in [0.15, 0.2) is 60.7 Å². The minimum Gasteiger partial charge on any atom is -0.380 e. The van der Waals surface area contributed by atoms with E-state index in [1.807, 2.05) is 48.5 Å². The highest BCUT2D eigenvalue weighted by molar-refractivity contribution is 5.76. The summed E-state index contributed by atoms with van der Waals surface area (Å²) < 4.78 is 0. The van der Waals surface area contributed by atoms with Crippen LogP contribution in [0.25, 0.3) is 0 Å². The molecule has 2 N–H and O–H groups in total. The number of carbonyl (C=O) groups is 1. The van der Waals surface area contributed by atoms with E-state index in [1.165, 1.54) is 5.56 Å². The summed E-state index contributed by atoms with van der Waals surface area (Å²) in [6.45, 7) is 4.97. The lowest BCUT2D eigenvalue weighted by molar-refractivity contribution is -0.121. The molecule has 0 aliphatic heterocycles. The Labute approximate surface area is 139 Å². The molecular formula is C20H26N2O. The van der Waals surface area contributed by atoms with Gasteiger partial charge in [-0.2, -0.15) is 0 Å². The number of para-hydroxylation sites is 1. The van der Waals surface area contributed by atoms with Crippen molar-refractivity contribution in [2.24, 2.45) is 5.92 Å². The molecule has 0 heterocycles. The standard InChI is InChI=1S/C20H26N2O/c1-16(2)19(22-18-11-7-4-8-12-18)15-21-20(23)14-13-17-9-5-3-6-10-17/h3-12,16,19,22H,13-15H2,1-2H3,(H,21,23). The third-order valence-electron chi connectivity index (χ3n) is 3.93. The Morgan fingerprint density at radius 2 is 1.57 bits per heavy atom. The van der Waals surface area contributed by atoms with Gasteiger partial charge in [-0.15, -0.1) is 0 Å². The second-order valence-electron chi connectivity index (χ2n) is 6.15. The van der Waals surface area contributed by atoms with Crippen LogP contribution in [0.2, 0.25) is 0 Å². The van der Waals surface area contributed by atoms with Crippen LogP contribution in [0.1, 0.15) is 25.8 Å². The molecule has 0 aromatic heterocycles. The predicted octanol–water partition coefficient (Wildman–Crippen LogP) is 3.87. The van der Waals surface area contributed by atoms with E-state index in [-0.39, 0.29) is 11.9 Å². The average molecular weight is 310 g/mol. The molecule has 0 aliphatic carbocycles. The zero-order valence-corrected chi connectivity index (χ0v) is 14.0. The van der Waals surface area contributed by atoms with Crippen molar-refractivity contribution in [2.45, 2.75) is 32.7 Å². The highest BCUT2D eigenvalue weighted by Gasteiger charge is 2.14. The van der Waals surface area contributed by atoms with E-state index in [4.69, 9.17) is 0 Å². The number of rotatable bonds is 8. The van der Waals surface area contributed by atoms with Gasteiger partial charge in [-0.05, 0) is 30.0 Å². The number of carbonyl (C=O) groups excluding carboxylic acids is 1.